The van der Waals surface area contributed by atoms with E-state index >= 15 is 0 Å². The highest BCUT2D eigenvalue weighted by Gasteiger charge is 2.20. The van der Waals surface area contributed by atoms with E-state index in [0.717, 1.165) is 12.1 Å². The zero-order valence-electron chi connectivity index (χ0n) is 9.84. The Morgan fingerprint density at radius 2 is 1.88 bits per heavy atom. The molecule has 2 atom stereocenters. The van der Waals surface area contributed by atoms with Crippen LogP contribution in [0.1, 0.15) is 24.2 Å². The van der Waals surface area contributed by atoms with Crippen LogP contribution in [0.25, 0.3) is 0 Å². The number of nitrogens with two attached hydrogens (primary N) is 1. The molecular formula is C12H16F2N2O. The predicted molar refractivity (Wildman–Crippen MR) is 61.5 cm³/mol. The number of rotatable bonds is 4. The Hall–Kier alpha value is -1.49. The van der Waals surface area contributed by atoms with E-state index in [9.17, 15) is 13.6 Å². The van der Waals surface area contributed by atoms with Crippen molar-refractivity contribution in [2.75, 3.05) is 6.54 Å². The molecule has 5 heteroatoms. The second kappa shape index (κ2) is 5.72. The fourth-order valence-corrected chi connectivity index (χ4v) is 1.34. The van der Waals surface area contributed by atoms with Gasteiger partial charge >= 0.3 is 0 Å². The van der Waals surface area contributed by atoms with Crippen LogP contribution in [0.5, 0.6) is 0 Å². The molecule has 0 aliphatic carbocycles. The number of halogens is 2. The lowest BCUT2D eigenvalue weighted by atomic mass is 10.0. The van der Waals surface area contributed by atoms with Crippen LogP contribution in [0.4, 0.5) is 8.78 Å². The van der Waals surface area contributed by atoms with Gasteiger partial charge in [0.05, 0.1) is 0 Å². The van der Waals surface area contributed by atoms with E-state index in [4.69, 9.17) is 5.73 Å². The molecule has 0 spiro atoms. The maximum absolute atomic E-state index is 13.3. The monoisotopic (exact) mass is 242 g/mol. The van der Waals surface area contributed by atoms with Gasteiger partial charge in [-0.15, -0.1) is 0 Å². The van der Waals surface area contributed by atoms with Gasteiger partial charge in [0.1, 0.15) is 17.2 Å². The van der Waals surface area contributed by atoms with Crippen molar-refractivity contribution < 1.29 is 13.6 Å². The number of nitrogens with one attached hydrogen (secondary N) is 1. The predicted octanol–water partition coefficient (Wildman–Crippen LogP) is 1.68. The molecular weight excluding hydrogens is 226 g/mol. The Kier molecular flexibility index (Phi) is 4.57. The topological polar surface area (TPSA) is 55.1 Å². The van der Waals surface area contributed by atoms with E-state index in [1.807, 2.05) is 6.92 Å². The first-order chi connectivity index (χ1) is 7.97. The summed E-state index contributed by atoms with van der Waals surface area (Å²) in [5.74, 6) is -2.45. The van der Waals surface area contributed by atoms with Gasteiger partial charge < -0.3 is 11.1 Å². The molecule has 3 N–H and O–H groups in total. The van der Waals surface area contributed by atoms with Crippen molar-refractivity contribution in [3.8, 4) is 0 Å². The molecule has 3 nitrogen and oxygen atoms in total. The normalized spacial score (nSPS) is 14.2. The number of carbonyl (C=O) groups is 1. The van der Waals surface area contributed by atoms with Crippen LogP contribution in [-0.2, 0) is 0 Å². The molecule has 94 valence electrons. The maximum Gasteiger partial charge on any atom is 0.257 e. The van der Waals surface area contributed by atoms with Gasteiger partial charge in [0, 0.05) is 6.04 Å². The van der Waals surface area contributed by atoms with Crippen LogP contribution < -0.4 is 11.1 Å². The lowest BCUT2D eigenvalue weighted by Crippen LogP contribution is -2.40. The first-order valence-electron chi connectivity index (χ1n) is 5.42. The molecule has 0 radical (unpaired) electrons. The van der Waals surface area contributed by atoms with Gasteiger partial charge in [-0.3, -0.25) is 4.79 Å². The molecule has 2 unspecified atom stereocenters. The van der Waals surface area contributed by atoms with Gasteiger partial charge in [-0.25, -0.2) is 8.78 Å². The van der Waals surface area contributed by atoms with Gasteiger partial charge in [0.2, 0.25) is 0 Å². The minimum absolute atomic E-state index is 0.0359. The molecule has 0 aliphatic heterocycles. The minimum Gasteiger partial charge on any atom is -0.349 e. The van der Waals surface area contributed by atoms with E-state index in [2.05, 4.69) is 5.32 Å². The van der Waals surface area contributed by atoms with Crippen molar-refractivity contribution in [1.82, 2.24) is 5.32 Å². The molecule has 0 heterocycles. The zero-order valence-corrected chi connectivity index (χ0v) is 9.84. The minimum atomic E-state index is -0.866. The second-order valence-electron chi connectivity index (χ2n) is 4.07. The maximum atomic E-state index is 13.3. The third kappa shape index (κ3) is 3.23. The van der Waals surface area contributed by atoms with Gasteiger partial charge in [0.15, 0.2) is 0 Å². The fraction of sp³-hybridized carbons (Fsp3) is 0.417. The summed E-state index contributed by atoms with van der Waals surface area (Å²) in [7, 11) is 0. The molecule has 0 aromatic heterocycles. The molecule has 0 fully saturated rings. The molecule has 0 bridgehead atoms. The SMILES string of the molecule is CC(CN)C(C)NC(=O)c1c(F)cccc1F. The summed E-state index contributed by atoms with van der Waals surface area (Å²) in [5, 5.41) is 2.53. The van der Waals surface area contributed by atoms with Crippen LogP contribution >= 0.6 is 0 Å². The van der Waals surface area contributed by atoms with E-state index in [1.165, 1.54) is 6.07 Å². The summed E-state index contributed by atoms with van der Waals surface area (Å²) in [6.45, 7) is 3.98. The first kappa shape index (κ1) is 13.6. The van der Waals surface area contributed by atoms with E-state index in [-0.39, 0.29) is 12.0 Å². The molecule has 1 aromatic rings. The summed E-state index contributed by atoms with van der Waals surface area (Å²) in [4.78, 5) is 11.7. The van der Waals surface area contributed by atoms with Gasteiger partial charge in [-0.2, -0.15) is 0 Å². The highest BCUT2D eigenvalue weighted by atomic mass is 19.1. The van der Waals surface area contributed by atoms with Gasteiger partial charge in [-0.1, -0.05) is 13.0 Å². The summed E-state index contributed by atoms with van der Waals surface area (Å²) >= 11 is 0. The van der Waals surface area contributed by atoms with E-state index < -0.39 is 23.1 Å². The van der Waals surface area contributed by atoms with Crippen LogP contribution in [0.15, 0.2) is 18.2 Å². The Bertz CT molecular complexity index is 389. The third-order valence-corrected chi connectivity index (χ3v) is 2.77. The van der Waals surface area contributed by atoms with Crippen LogP contribution in [0.2, 0.25) is 0 Å². The third-order valence-electron chi connectivity index (χ3n) is 2.77. The molecule has 0 saturated carbocycles. The Morgan fingerprint density at radius 1 is 1.35 bits per heavy atom. The average molecular weight is 242 g/mol. The number of amides is 1. The molecule has 1 rings (SSSR count). The Labute approximate surface area is 99.0 Å². The Balaban J connectivity index is 2.84. The summed E-state index contributed by atoms with van der Waals surface area (Å²) in [6, 6.07) is 3.07. The first-order valence-corrected chi connectivity index (χ1v) is 5.42. The molecule has 1 amide bonds. The van der Waals surface area contributed by atoms with E-state index in [1.54, 1.807) is 6.92 Å². The summed E-state index contributed by atoms with van der Waals surface area (Å²) in [6.07, 6.45) is 0. The largest absolute Gasteiger partial charge is 0.349 e. The lowest BCUT2D eigenvalue weighted by molar-refractivity contribution is 0.0921. The van der Waals surface area contributed by atoms with Crippen molar-refractivity contribution in [1.29, 1.82) is 0 Å². The van der Waals surface area contributed by atoms with Gasteiger partial charge in [0.25, 0.3) is 5.91 Å². The van der Waals surface area contributed by atoms with E-state index in [0.29, 0.717) is 6.54 Å². The quantitative estimate of drug-likeness (QED) is 0.844. The van der Waals surface area contributed by atoms with Crippen LogP contribution in [0, 0.1) is 17.6 Å². The van der Waals surface area contributed by atoms with Crippen LogP contribution in [0.3, 0.4) is 0 Å². The fourth-order valence-electron chi connectivity index (χ4n) is 1.34. The zero-order chi connectivity index (χ0) is 13.0. The average Bonchev–Trinajstić information content (AvgIpc) is 2.27. The summed E-state index contributed by atoms with van der Waals surface area (Å²) in [5.41, 5.74) is 4.90. The summed E-state index contributed by atoms with van der Waals surface area (Å²) < 4.78 is 26.6. The number of hydrogen-bond acceptors (Lipinski definition) is 2. The number of hydrogen-bond donors (Lipinski definition) is 2. The molecule has 0 aliphatic rings. The van der Waals surface area contributed by atoms with Crippen molar-refractivity contribution in [2.24, 2.45) is 11.7 Å². The smallest absolute Gasteiger partial charge is 0.257 e. The number of benzene rings is 1. The van der Waals surface area contributed by atoms with Crippen molar-refractivity contribution >= 4 is 5.91 Å². The molecule has 1 aromatic carbocycles. The van der Waals surface area contributed by atoms with Crippen molar-refractivity contribution in [2.45, 2.75) is 19.9 Å². The van der Waals surface area contributed by atoms with Crippen LogP contribution in [-0.4, -0.2) is 18.5 Å². The number of carbonyl (C=O) groups excluding carboxylic acids is 1. The van der Waals surface area contributed by atoms with Gasteiger partial charge in [-0.05, 0) is 31.5 Å². The molecule has 17 heavy (non-hydrogen) atoms. The van der Waals surface area contributed by atoms with Crippen molar-refractivity contribution in [3.05, 3.63) is 35.4 Å². The highest BCUT2D eigenvalue weighted by Crippen LogP contribution is 2.12. The van der Waals surface area contributed by atoms with Crippen molar-refractivity contribution in [3.63, 3.8) is 0 Å². The second-order valence-corrected chi connectivity index (χ2v) is 4.07. The molecule has 0 saturated heterocycles. The standard InChI is InChI=1S/C12H16F2N2O/c1-7(6-15)8(2)16-12(17)11-9(13)4-3-5-10(11)14/h3-5,7-8H,6,15H2,1-2H3,(H,16,17). The Morgan fingerprint density at radius 3 is 2.35 bits per heavy atom. The highest BCUT2D eigenvalue weighted by molar-refractivity contribution is 5.94. The lowest BCUT2D eigenvalue weighted by Gasteiger charge is -2.19.